The van der Waals surface area contributed by atoms with Gasteiger partial charge in [-0.25, -0.2) is 19.7 Å². The van der Waals surface area contributed by atoms with Crippen molar-refractivity contribution in [3.63, 3.8) is 0 Å². The van der Waals surface area contributed by atoms with Crippen LogP contribution in [0.1, 0.15) is 26.5 Å². The van der Waals surface area contributed by atoms with Crippen LogP contribution in [0.15, 0.2) is 59.8 Å². The summed E-state index contributed by atoms with van der Waals surface area (Å²) in [6.45, 7) is 8.91. The van der Waals surface area contributed by atoms with Gasteiger partial charge in [0, 0.05) is 49.0 Å². The maximum absolute atomic E-state index is 13.4. The Kier molecular flexibility index (Phi) is 7.36. The summed E-state index contributed by atoms with van der Waals surface area (Å²) in [5.74, 6) is 0.507. The summed E-state index contributed by atoms with van der Waals surface area (Å²) in [7, 11) is 0. The molecule has 0 saturated carbocycles. The second-order valence-corrected chi connectivity index (χ2v) is 8.22. The molecule has 0 aliphatic carbocycles. The highest BCUT2D eigenvalue weighted by Gasteiger charge is 2.50. The van der Waals surface area contributed by atoms with Crippen LogP contribution in [0.4, 0.5) is 5.82 Å². The fourth-order valence-corrected chi connectivity index (χ4v) is 4.03. The molecule has 2 aromatic heterocycles. The number of nitrogens with zero attached hydrogens (tertiary/aromatic N) is 5. The van der Waals surface area contributed by atoms with Crippen molar-refractivity contribution in [2.24, 2.45) is 5.41 Å². The first-order valence-electron chi connectivity index (χ1n) is 11.8. The molecule has 2 fully saturated rings. The quantitative estimate of drug-likeness (QED) is 0.396. The number of rotatable bonds is 6. The van der Waals surface area contributed by atoms with Crippen molar-refractivity contribution in [3.05, 3.63) is 71.0 Å². The van der Waals surface area contributed by atoms with Crippen LogP contribution in [-0.2, 0) is 14.3 Å². The molecule has 35 heavy (non-hydrogen) atoms. The lowest BCUT2D eigenvalue weighted by Gasteiger charge is -2.55. The molecule has 0 unspecified atom stereocenters. The number of anilines is 1. The van der Waals surface area contributed by atoms with Gasteiger partial charge in [0.1, 0.15) is 0 Å². The predicted octanol–water partition coefficient (Wildman–Crippen LogP) is 3.13. The maximum Gasteiger partial charge on any atom is 0.330 e. The van der Waals surface area contributed by atoms with Crippen molar-refractivity contribution < 1.29 is 14.3 Å². The van der Waals surface area contributed by atoms with Crippen LogP contribution in [0, 0.1) is 5.41 Å². The molecule has 9 heteroatoms. The second-order valence-electron chi connectivity index (χ2n) is 8.22. The van der Waals surface area contributed by atoms with Crippen molar-refractivity contribution >= 4 is 17.9 Å². The van der Waals surface area contributed by atoms with Gasteiger partial charge >= 0.3 is 5.97 Å². The minimum atomic E-state index is -0.458. The average molecular weight is 476 g/mol. The van der Waals surface area contributed by atoms with Gasteiger partial charge in [-0.05, 0) is 43.3 Å². The van der Waals surface area contributed by atoms with E-state index < -0.39 is 5.97 Å². The SMILES string of the molecule is CC.CCOC(=O)/C=C/c1cn(-c2ccc(-c3ncccn3)cc2)c(=O)c(N2CC3(COC3)C2)n1. The van der Waals surface area contributed by atoms with Crippen molar-refractivity contribution in [1.29, 1.82) is 0 Å². The van der Waals surface area contributed by atoms with Gasteiger partial charge in [-0.15, -0.1) is 0 Å². The number of esters is 1. The number of hydrogen-bond acceptors (Lipinski definition) is 8. The van der Waals surface area contributed by atoms with E-state index >= 15 is 0 Å². The van der Waals surface area contributed by atoms with Gasteiger partial charge in [-0.2, -0.15) is 0 Å². The summed E-state index contributed by atoms with van der Waals surface area (Å²) in [5, 5.41) is 0. The fourth-order valence-electron chi connectivity index (χ4n) is 4.03. The van der Waals surface area contributed by atoms with E-state index in [-0.39, 0.29) is 17.6 Å². The first-order chi connectivity index (χ1) is 17.1. The molecule has 2 aliphatic heterocycles. The Morgan fingerprint density at radius 1 is 1.14 bits per heavy atom. The Hall–Kier alpha value is -3.85. The van der Waals surface area contributed by atoms with Crippen LogP contribution >= 0.6 is 0 Å². The van der Waals surface area contributed by atoms with Crippen LogP contribution in [-0.4, -0.2) is 58.4 Å². The zero-order chi connectivity index (χ0) is 24.8. The number of carbonyl (C=O) groups is 1. The van der Waals surface area contributed by atoms with E-state index in [0.717, 1.165) is 18.7 Å². The Labute approximate surface area is 204 Å². The molecule has 2 saturated heterocycles. The zero-order valence-corrected chi connectivity index (χ0v) is 20.2. The van der Waals surface area contributed by atoms with Crippen LogP contribution in [0.2, 0.25) is 0 Å². The van der Waals surface area contributed by atoms with Crippen molar-refractivity contribution in [3.8, 4) is 17.1 Å². The van der Waals surface area contributed by atoms with Crippen molar-refractivity contribution in [2.45, 2.75) is 20.8 Å². The molecule has 2 aliphatic rings. The van der Waals surface area contributed by atoms with Crippen molar-refractivity contribution in [2.75, 3.05) is 37.8 Å². The standard InChI is InChI=1S/C24H23N5O4.C2H6/c1-2-33-20(30)9-6-18-12-29(19-7-4-17(5-8-19)21-25-10-3-11-26-21)23(31)22(27-18)28-13-24(14-28)15-32-16-24;1-2/h3-12H,2,13-16H2,1H3;1-2H3/b9-6+;. The summed E-state index contributed by atoms with van der Waals surface area (Å²) in [6.07, 6.45) is 7.87. The lowest BCUT2D eigenvalue weighted by Crippen LogP contribution is -2.67. The molecule has 0 bridgehead atoms. The van der Waals surface area contributed by atoms with Crippen LogP contribution < -0.4 is 10.5 Å². The van der Waals surface area contributed by atoms with Gasteiger partial charge in [0.25, 0.3) is 5.56 Å². The Morgan fingerprint density at radius 3 is 2.43 bits per heavy atom. The molecule has 0 atom stereocenters. The summed E-state index contributed by atoms with van der Waals surface area (Å²) < 4.78 is 11.8. The maximum atomic E-state index is 13.4. The highest BCUT2D eigenvalue weighted by molar-refractivity contribution is 5.86. The highest BCUT2D eigenvalue weighted by atomic mass is 16.5. The number of carbonyl (C=O) groups excluding carboxylic acids is 1. The Balaban J connectivity index is 0.00000141. The van der Waals surface area contributed by atoms with Crippen LogP contribution in [0.3, 0.4) is 0 Å². The normalized spacial score (nSPS) is 15.7. The third kappa shape index (κ3) is 5.14. The smallest absolute Gasteiger partial charge is 0.330 e. The van der Waals surface area contributed by atoms with E-state index in [2.05, 4.69) is 15.0 Å². The van der Waals surface area contributed by atoms with E-state index in [1.54, 1.807) is 42.2 Å². The molecule has 0 amide bonds. The first-order valence-corrected chi connectivity index (χ1v) is 11.8. The van der Waals surface area contributed by atoms with Gasteiger partial charge in [0.15, 0.2) is 11.6 Å². The number of hydrogen-bond donors (Lipinski definition) is 0. The van der Waals surface area contributed by atoms with E-state index in [9.17, 15) is 9.59 Å². The lowest BCUT2D eigenvalue weighted by molar-refractivity contribution is -0.137. The van der Waals surface area contributed by atoms with Crippen LogP contribution in [0.5, 0.6) is 0 Å². The minimum Gasteiger partial charge on any atom is -0.463 e. The third-order valence-electron chi connectivity index (χ3n) is 5.72. The van der Waals surface area contributed by atoms with E-state index in [0.29, 0.717) is 36.2 Å². The largest absolute Gasteiger partial charge is 0.463 e. The summed E-state index contributed by atoms with van der Waals surface area (Å²) in [5.41, 5.74) is 1.92. The molecule has 0 radical (unpaired) electrons. The monoisotopic (exact) mass is 475 g/mol. The Bertz CT molecular complexity index is 1240. The molecular weight excluding hydrogens is 446 g/mol. The van der Waals surface area contributed by atoms with E-state index in [1.807, 2.05) is 43.0 Å². The van der Waals surface area contributed by atoms with E-state index in [4.69, 9.17) is 9.47 Å². The molecule has 182 valence electrons. The lowest BCUT2D eigenvalue weighted by atomic mass is 9.78. The molecular formula is C26H29N5O4. The topological polar surface area (TPSA) is 99.4 Å². The number of aromatic nitrogens is 4. The van der Waals surface area contributed by atoms with Gasteiger partial charge in [-0.3, -0.25) is 9.36 Å². The highest BCUT2D eigenvalue weighted by Crippen LogP contribution is 2.38. The average Bonchev–Trinajstić information content (AvgIpc) is 2.84. The zero-order valence-electron chi connectivity index (χ0n) is 20.2. The summed E-state index contributed by atoms with van der Waals surface area (Å²) >= 11 is 0. The number of ether oxygens (including phenoxy) is 2. The molecule has 1 aromatic carbocycles. The molecule has 1 spiro atoms. The third-order valence-corrected chi connectivity index (χ3v) is 5.72. The molecule has 0 N–H and O–H groups in total. The van der Waals surface area contributed by atoms with Crippen molar-refractivity contribution in [1.82, 2.24) is 19.5 Å². The molecule has 5 rings (SSSR count). The van der Waals surface area contributed by atoms with Gasteiger partial charge in [0.2, 0.25) is 0 Å². The van der Waals surface area contributed by atoms with E-state index in [1.165, 1.54) is 6.08 Å². The molecule has 4 heterocycles. The van der Waals surface area contributed by atoms with Gasteiger partial charge < -0.3 is 14.4 Å². The Morgan fingerprint density at radius 2 is 1.83 bits per heavy atom. The van der Waals surface area contributed by atoms with Crippen LogP contribution in [0.25, 0.3) is 23.2 Å². The minimum absolute atomic E-state index is 0.132. The molecule has 9 nitrogen and oxygen atoms in total. The fraction of sp³-hybridized carbons (Fsp3) is 0.346. The second kappa shape index (κ2) is 10.6. The summed E-state index contributed by atoms with van der Waals surface area (Å²) in [6, 6.07) is 9.18. The summed E-state index contributed by atoms with van der Waals surface area (Å²) in [4.78, 5) is 40.2. The van der Waals surface area contributed by atoms with Gasteiger partial charge in [0.05, 0.1) is 30.9 Å². The number of benzene rings is 1. The van der Waals surface area contributed by atoms with Gasteiger partial charge in [-0.1, -0.05) is 13.8 Å². The predicted molar refractivity (Wildman–Crippen MR) is 133 cm³/mol. The molecule has 3 aromatic rings. The first kappa shape index (κ1) is 24.3.